The fraction of sp³-hybridized carbons (Fsp3) is 0.333. The Kier molecular flexibility index (Phi) is 5.16. The fourth-order valence-corrected chi connectivity index (χ4v) is 3.80. The average Bonchev–Trinajstić information content (AvgIpc) is 3.28. The topological polar surface area (TPSA) is 93.3 Å². The number of anilines is 1. The molecular formula is C21H25N5O2. The van der Waals surface area contributed by atoms with Crippen LogP contribution >= 0.6 is 0 Å². The van der Waals surface area contributed by atoms with Crippen molar-refractivity contribution >= 4 is 22.8 Å². The number of phenols is 1. The molecule has 0 aliphatic carbocycles. The molecule has 0 spiro atoms. The highest BCUT2D eigenvalue weighted by molar-refractivity contribution is 6.00. The smallest absolute Gasteiger partial charge is 0.320 e. The van der Waals surface area contributed by atoms with Gasteiger partial charge in [-0.05, 0) is 68.2 Å². The number of H-pyrrole nitrogens is 1. The zero-order valence-corrected chi connectivity index (χ0v) is 15.9. The van der Waals surface area contributed by atoms with Gasteiger partial charge in [-0.25, -0.2) is 4.79 Å². The van der Waals surface area contributed by atoms with Crippen LogP contribution in [-0.2, 0) is 0 Å². The van der Waals surface area contributed by atoms with Crippen LogP contribution in [0.2, 0.25) is 0 Å². The van der Waals surface area contributed by atoms with Gasteiger partial charge >= 0.3 is 6.03 Å². The molecule has 1 aliphatic heterocycles. The van der Waals surface area contributed by atoms with Crippen LogP contribution in [0, 0.1) is 0 Å². The van der Waals surface area contributed by atoms with Crippen molar-refractivity contribution in [3.8, 4) is 16.9 Å². The molecule has 1 atom stereocenters. The lowest BCUT2D eigenvalue weighted by atomic mass is 10.0. The second kappa shape index (κ2) is 7.90. The molecule has 3 aromatic rings. The molecule has 1 fully saturated rings. The Balaban J connectivity index is 1.38. The van der Waals surface area contributed by atoms with Crippen molar-refractivity contribution in [1.29, 1.82) is 0 Å². The van der Waals surface area contributed by atoms with E-state index in [0.29, 0.717) is 18.4 Å². The first-order valence-corrected chi connectivity index (χ1v) is 9.63. The molecule has 28 heavy (non-hydrogen) atoms. The summed E-state index contributed by atoms with van der Waals surface area (Å²) in [4.78, 5) is 14.6. The summed E-state index contributed by atoms with van der Waals surface area (Å²) in [5.41, 5.74) is 2.85. The number of carbonyl (C=O) groups excluding carboxylic acids is 1. The number of benzene rings is 2. The summed E-state index contributed by atoms with van der Waals surface area (Å²) in [7, 11) is 2.14. The molecule has 1 aromatic heterocycles. The summed E-state index contributed by atoms with van der Waals surface area (Å²) < 4.78 is 0. The van der Waals surface area contributed by atoms with E-state index in [1.165, 1.54) is 12.8 Å². The predicted molar refractivity (Wildman–Crippen MR) is 110 cm³/mol. The van der Waals surface area contributed by atoms with Crippen LogP contribution in [0.4, 0.5) is 10.6 Å². The number of nitrogens with zero attached hydrogens (tertiary/aromatic N) is 2. The minimum atomic E-state index is -0.239. The maximum atomic E-state index is 12.2. The van der Waals surface area contributed by atoms with E-state index in [-0.39, 0.29) is 11.8 Å². The number of carbonyl (C=O) groups is 1. The second-order valence-corrected chi connectivity index (χ2v) is 7.33. The first-order chi connectivity index (χ1) is 13.6. The van der Waals surface area contributed by atoms with Crippen LogP contribution in [0.25, 0.3) is 22.0 Å². The number of hydrogen-bond donors (Lipinski definition) is 4. The number of rotatable bonds is 5. The standard InChI is InChI=1S/C21H25N5O2/c1-26-12-2-3-16(26)10-11-22-21(28)23-20-18-9-6-15(13-19(18)24-25-20)14-4-7-17(27)8-5-14/h4-9,13,16,27H,2-3,10-12H2,1H3,(H3,22,23,24,25,28). The summed E-state index contributed by atoms with van der Waals surface area (Å²) in [6.45, 7) is 1.79. The zero-order valence-electron chi connectivity index (χ0n) is 15.9. The van der Waals surface area contributed by atoms with E-state index in [4.69, 9.17) is 0 Å². The Morgan fingerprint density at radius 3 is 2.79 bits per heavy atom. The molecule has 1 aliphatic rings. The minimum Gasteiger partial charge on any atom is -0.508 e. The van der Waals surface area contributed by atoms with Crippen molar-refractivity contribution in [2.75, 3.05) is 25.5 Å². The molecule has 0 bridgehead atoms. The monoisotopic (exact) mass is 379 g/mol. The largest absolute Gasteiger partial charge is 0.508 e. The van der Waals surface area contributed by atoms with Gasteiger partial charge in [-0.1, -0.05) is 18.2 Å². The van der Waals surface area contributed by atoms with E-state index >= 15 is 0 Å². The SMILES string of the molecule is CN1CCCC1CCNC(=O)Nc1n[nH]c2cc(-c3ccc(O)cc3)ccc12. The molecular weight excluding hydrogens is 354 g/mol. The van der Waals surface area contributed by atoms with Crippen molar-refractivity contribution in [2.24, 2.45) is 0 Å². The maximum absolute atomic E-state index is 12.2. The van der Waals surface area contributed by atoms with Crippen LogP contribution in [0.3, 0.4) is 0 Å². The number of aromatic hydroxyl groups is 1. The van der Waals surface area contributed by atoms with Gasteiger partial charge in [0.05, 0.1) is 5.52 Å². The number of hydrogen-bond acceptors (Lipinski definition) is 4. The summed E-state index contributed by atoms with van der Waals surface area (Å²) in [6.07, 6.45) is 3.40. The van der Waals surface area contributed by atoms with Crippen LogP contribution in [0.5, 0.6) is 5.75 Å². The van der Waals surface area contributed by atoms with Gasteiger partial charge in [0.25, 0.3) is 0 Å². The fourth-order valence-electron chi connectivity index (χ4n) is 3.80. The third kappa shape index (κ3) is 3.94. The molecule has 0 radical (unpaired) electrons. The number of aromatic nitrogens is 2. The molecule has 7 heteroatoms. The lowest BCUT2D eigenvalue weighted by Gasteiger charge is -2.19. The van der Waals surface area contributed by atoms with Crippen molar-refractivity contribution in [3.05, 3.63) is 42.5 Å². The molecule has 2 heterocycles. The highest BCUT2D eigenvalue weighted by atomic mass is 16.3. The van der Waals surface area contributed by atoms with Crippen molar-refractivity contribution in [1.82, 2.24) is 20.4 Å². The molecule has 2 aromatic carbocycles. The van der Waals surface area contributed by atoms with Gasteiger partial charge in [-0.2, -0.15) is 5.10 Å². The van der Waals surface area contributed by atoms with Crippen molar-refractivity contribution in [3.63, 3.8) is 0 Å². The van der Waals surface area contributed by atoms with E-state index in [2.05, 4.69) is 32.8 Å². The van der Waals surface area contributed by atoms with Gasteiger partial charge in [-0.15, -0.1) is 0 Å². The highest BCUT2D eigenvalue weighted by Gasteiger charge is 2.20. The average molecular weight is 379 g/mol. The van der Waals surface area contributed by atoms with Gasteiger partial charge in [0, 0.05) is 18.0 Å². The molecule has 0 saturated carbocycles. The van der Waals surface area contributed by atoms with E-state index in [0.717, 1.165) is 35.0 Å². The number of aromatic amines is 1. The Bertz CT molecular complexity index is 967. The normalized spacial score (nSPS) is 17.1. The van der Waals surface area contributed by atoms with Gasteiger partial charge in [0.2, 0.25) is 0 Å². The number of likely N-dealkylation sites (tertiary alicyclic amines) is 1. The maximum Gasteiger partial charge on any atom is 0.320 e. The number of urea groups is 1. The lowest BCUT2D eigenvalue weighted by molar-refractivity contribution is 0.248. The van der Waals surface area contributed by atoms with Crippen molar-refractivity contribution < 1.29 is 9.90 Å². The first-order valence-electron chi connectivity index (χ1n) is 9.63. The van der Waals surface area contributed by atoms with Crippen molar-refractivity contribution in [2.45, 2.75) is 25.3 Å². The Morgan fingerprint density at radius 1 is 1.25 bits per heavy atom. The van der Waals surface area contributed by atoms with Gasteiger partial charge < -0.3 is 15.3 Å². The minimum absolute atomic E-state index is 0.239. The van der Waals surface area contributed by atoms with Gasteiger partial charge in [0.1, 0.15) is 5.75 Å². The quantitative estimate of drug-likeness (QED) is 0.545. The zero-order chi connectivity index (χ0) is 19.5. The molecule has 4 rings (SSSR count). The molecule has 1 saturated heterocycles. The molecule has 2 amide bonds. The Labute approximate surface area is 163 Å². The van der Waals surface area contributed by atoms with E-state index in [1.54, 1.807) is 12.1 Å². The number of amides is 2. The van der Waals surface area contributed by atoms with Crippen LogP contribution < -0.4 is 10.6 Å². The lowest BCUT2D eigenvalue weighted by Crippen LogP contribution is -2.34. The van der Waals surface area contributed by atoms with Crippen LogP contribution in [-0.4, -0.2) is 52.4 Å². The van der Waals surface area contributed by atoms with Crippen LogP contribution in [0.15, 0.2) is 42.5 Å². The van der Waals surface area contributed by atoms with E-state index in [9.17, 15) is 9.90 Å². The third-order valence-electron chi connectivity index (χ3n) is 5.43. The number of phenolic OH excluding ortho intramolecular Hbond substituents is 1. The Morgan fingerprint density at radius 2 is 2.04 bits per heavy atom. The summed E-state index contributed by atoms with van der Waals surface area (Å²) in [5.74, 6) is 0.756. The summed E-state index contributed by atoms with van der Waals surface area (Å²) in [6, 6.07) is 13.3. The van der Waals surface area contributed by atoms with Gasteiger partial charge in [-0.3, -0.25) is 10.4 Å². The van der Waals surface area contributed by atoms with E-state index in [1.807, 2.05) is 30.3 Å². The summed E-state index contributed by atoms with van der Waals surface area (Å²) in [5, 5.41) is 23.2. The van der Waals surface area contributed by atoms with Gasteiger partial charge in [0.15, 0.2) is 5.82 Å². The molecule has 1 unspecified atom stereocenters. The van der Waals surface area contributed by atoms with Crippen LogP contribution in [0.1, 0.15) is 19.3 Å². The predicted octanol–water partition coefficient (Wildman–Crippen LogP) is 3.54. The molecule has 146 valence electrons. The molecule has 7 nitrogen and oxygen atoms in total. The van der Waals surface area contributed by atoms with E-state index < -0.39 is 0 Å². The first kappa shape index (κ1) is 18.3. The molecule has 4 N–H and O–H groups in total. The second-order valence-electron chi connectivity index (χ2n) is 7.33. The number of fused-ring (bicyclic) bond motifs is 1. The highest BCUT2D eigenvalue weighted by Crippen LogP contribution is 2.28. The number of nitrogens with one attached hydrogen (secondary N) is 3. The summed E-state index contributed by atoms with van der Waals surface area (Å²) >= 11 is 0. The third-order valence-corrected chi connectivity index (χ3v) is 5.43. The Hall–Kier alpha value is -3.06.